The van der Waals surface area contributed by atoms with E-state index in [-0.39, 0.29) is 12.5 Å². The number of carbonyl (C=O) groups is 1. The van der Waals surface area contributed by atoms with Crippen LogP contribution >= 0.6 is 0 Å². The number of aliphatic hydroxyl groups excluding tert-OH is 1. The van der Waals surface area contributed by atoms with Gasteiger partial charge in [0.2, 0.25) is 6.41 Å². The van der Waals surface area contributed by atoms with Gasteiger partial charge in [-0.2, -0.15) is 0 Å². The third-order valence-corrected chi connectivity index (χ3v) is 2.68. The molecule has 2 N–H and O–H groups in total. The number of benzene rings is 1. The van der Waals surface area contributed by atoms with Crippen molar-refractivity contribution in [2.45, 2.75) is 6.41 Å². The Morgan fingerprint density at radius 1 is 1.44 bits per heavy atom. The van der Waals surface area contributed by atoms with Crippen LogP contribution < -0.4 is 10.2 Å². The van der Waals surface area contributed by atoms with E-state index in [0.29, 0.717) is 18.8 Å². The Hall–Kier alpha value is -1.63. The second-order valence-electron chi connectivity index (χ2n) is 3.88. The zero-order chi connectivity index (χ0) is 13.0. The van der Waals surface area contributed by atoms with E-state index in [2.05, 4.69) is 10.1 Å². The van der Waals surface area contributed by atoms with Gasteiger partial charge >= 0.3 is 0 Å². The van der Waals surface area contributed by atoms with Crippen molar-refractivity contribution in [1.82, 2.24) is 0 Å². The Labute approximate surface area is 105 Å². The summed E-state index contributed by atoms with van der Waals surface area (Å²) in [7, 11) is 1.40. The van der Waals surface area contributed by atoms with Crippen LogP contribution in [0.25, 0.3) is 0 Å². The first kappa shape index (κ1) is 12.8. The Morgan fingerprint density at radius 3 is 2.78 bits per heavy atom. The number of amides is 1. The van der Waals surface area contributed by atoms with Crippen LogP contribution in [0.5, 0.6) is 0 Å². The Morgan fingerprint density at radius 2 is 2.17 bits per heavy atom. The fourth-order valence-electron chi connectivity index (χ4n) is 1.73. The molecule has 18 heavy (non-hydrogen) atoms. The minimum Gasteiger partial charge on any atom is -0.370 e. The largest absolute Gasteiger partial charge is 0.370 e. The van der Waals surface area contributed by atoms with Gasteiger partial charge in [-0.25, -0.2) is 0 Å². The summed E-state index contributed by atoms with van der Waals surface area (Å²) >= 11 is 0. The second-order valence-corrected chi connectivity index (χ2v) is 3.88. The monoisotopic (exact) mass is 252 g/mol. The van der Waals surface area contributed by atoms with Gasteiger partial charge in [-0.1, -0.05) is 0 Å². The summed E-state index contributed by atoms with van der Waals surface area (Å²) in [6, 6.07) is 7.18. The zero-order valence-corrected chi connectivity index (χ0v) is 10.1. The molecule has 1 heterocycles. The average molecular weight is 252 g/mol. The van der Waals surface area contributed by atoms with Gasteiger partial charge in [0.1, 0.15) is 6.61 Å². The van der Waals surface area contributed by atoms with Crippen LogP contribution in [0.2, 0.25) is 0 Å². The summed E-state index contributed by atoms with van der Waals surface area (Å²) < 4.78 is 9.75. The molecule has 0 aromatic heterocycles. The van der Waals surface area contributed by atoms with Gasteiger partial charge in [-0.3, -0.25) is 4.79 Å². The highest BCUT2D eigenvalue weighted by Crippen LogP contribution is 2.19. The molecule has 6 nitrogen and oxygen atoms in total. The van der Waals surface area contributed by atoms with Crippen molar-refractivity contribution in [2.75, 3.05) is 37.1 Å². The zero-order valence-electron chi connectivity index (χ0n) is 10.1. The minimum atomic E-state index is -1.04. The molecule has 6 heteroatoms. The summed E-state index contributed by atoms with van der Waals surface area (Å²) in [5, 5.41) is 12.0. The Bertz CT molecular complexity index is 407. The predicted octanol–water partition coefficient (Wildman–Crippen LogP) is 0.384. The van der Waals surface area contributed by atoms with Gasteiger partial charge in [-0.15, -0.1) is 0 Å². The molecule has 1 saturated heterocycles. The molecule has 1 amide bonds. The molecule has 0 bridgehead atoms. The minimum absolute atomic E-state index is 0.0427. The smallest absolute Gasteiger partial charge is 0.253 e. The number of anilines is 2. The van der Waals surface area contributed by atoms with Crippen molar-refractivity contribution < 1.29 is 19.4 Å². The van der Waals surface area contributed by atoms with Crippen LogP contribution in [0.15, 0.2) is 24.3 Å². The Kier molecular flexibility index (Phi) is 4.14. The third-order valence-electron chi connectivity index (χ3n) is 2.68. The molecule has 2 rings (SSSR count). The quantitative estimate of drug-likeness (QED) is 0.758. The first-order valence-electron chi connectivity index (χ1n) is 5.66. The fourth-order valence-corrected chi connectivity index (χ4v) is 1.73. The van der Waals surface area contributed by atoms with Crippen LogP contribution in [0.1, 0.15) is 0 Å². The van der Waals surface area contributed by atoms with Crippen LogP contribution in [0, 0.1) is 0 Å². The molecule has 1 fully saturated rings. The lowest BCUT2D eigenvalue weighted by Crippen LogP contribution is -2.41. The fraction of sp³-hybridized carbons (Fsp3) is 0.417. The van der Waals surface area contributed by atoms with Gasteiger partial charge in [-0.05, 0) is 24.3 Å². The van der Waals surface area contributed by atoms with Crippen LogP contribution in [0.3, 0.4) is 0 Å². The standard InChI is InChI=1S/C12H16N2O4/c1-17-12(16)13-9-2-4-10(5-3-9)14-6-7-18-8-11(14)15/h2-5,12-13,16H,6-8H2,1H3. The molecule has 0 aliphatic carbocycles. The SMILES string of the molecule is COC(O)Nc1ccc(N2CCOCC2=O)cc1. The normalized spacial score (nSPS) is 17.7. The molecular weight excluding hydrogens is 236 g/mol. The average Bonchev–Trinajstić information content (AvgIpc) is 2.40. The maximum absolute atomic E-state index is 11.6. The van der Waals surface area contributed by atoms with Gasteiger partial charge in [0.15, 0.2) is 0 Å². The van der Waals surface area contributed by atoms with Gasteiger partial charge in [0.05, 0.1) is 6.61 Å². The van der Waals surface area contributed by atoms with Crippen molar-refractivity contribution in [3.63, 3.8) is 0 Å². The number of rotatable bonds is 4. The second kappa shape index (κ2) is 5.81. The lowest BCUT2D eigenvalue weighted by atomic mass is 10.2. The van der Waals surface area contributed by atoms with Crippen molar-refractivity contribution >= 4 is 17.3 Å². The van der Waals surface area contributed by atoms with Gasteiger partial charge in [0, 0.05) is 25.0 Å². The molecule has 1 unspecified atom stereocenters. The molecule has 0 saturated carbocycles. The first-order chi connectivity index (χ1) is 8.70. The van der Waals surface area contributed by atoms with E-state index in [1.165, 1.54) is 7.11 Å². The predicted molar refractivity (Wildman–Crippen MR) is 66.3 cm³/mol. The molecular formula is C12H16N2O4. The number of nitrogens with zero attached hydrogens (tertiary/aromatic N) is 1. The van der Waals surface area contributed by atoms with Crippen molar-refractivity contribution in [2.24, 2.45) is 0 Å². The molecule has 0 spiro atoms. The molecule has 1 aliphatic rings. The molecule has 98 valence electrons. The highest BCUT2D eigenvalue weighted by molar-refractivity contribution is 5.94. The van der Waals surface area contributed by atoms with Crippen molar-refractivity contribution in [3.05, 3.63) is 24.3 Å². The van der Waals surface area contributed by atoms with E-state index in [4.69, 9.17) is 4.74 Å². The number of hydrogen-bond acceptors (Lipinski definition) is 5. The maximum Gasteiger partial charge on any atom is 0.253 e. The molecule has 1 aliphatic heterocycles. The molecule has 1 aromatic rings. The summed E-state index contributed by atoms with van der Waals surface area (Å²) in [4.78, 5) is 13.3. The van der Waals surface area contributed by atoms with Gasteiger partial charge in [0.25, 0.3) is 5.91 Å². The topological polar surface area (TPSA) is 71.0 Å². The Balaban J connectivity index is 2.04. The number of aliphatic hydroxyl groups is 1. The lowest BCUT2D eigenvalue weighted by molar-refractivity contribution is -0.125. The van der Waals surface area contributed by atoms with Crippen LogP contribution in [-0.4, -0.2) is 44.3 Å². The summed E-state index contributed by atoms with van der Waals surface area (Å²) in [6.45, 7) is 1.24. The maximum atomic E-state index is 11.6. The van der Waals surface area contributed by atoms with E-state index in [9.17, 15) is 9.90 Å². The number of methoxy groups -OCH3 is 1. The third kappa shape index (κ3) is 2.98. The van der Waals surface area contributed by atoms with Crippen molar-refractivity contribution in [1.29, 1.82) is 0 Å². The first-order valence-corrected chi connectivity index (χ1v) is 5.66. The van der Waals surface area contributed by atoms with E-state index in [1.807, 2.05) is 12.1 Å². The van der Waals surface area contributed by atoms with E-state index >= 15 is 0 Å². The summed E-state index contributed by atoms with van der Waals surface area (Å²) in [5.74, 6) is -0.0427. The number of carbonyl (C=O) groups excluding carboxylic acids is 1. The van der Waals surface area contributed by atoms with Crippen LogP contribution in [0.4, 0.5) is 11.4 Å². The van der Waals surface area contributed by atoms with Crippen LogP contribution in [-0.2, 0) is 14.3 Å². The number of morpholine rings is 1. The highest BCUT2D eigenvalue weighted by atomic mass is 16.6. The molecule has 0 radical (unpaired) electrons. The number of hydrogen-bond donors (Lipinski definition) is 2. The van der Waals surface area contributed by atoms with Gasteiger partial charge < -0.3 is 24.8 Å². The summed E-state index contributed by atoms with van der Waals surface area (Å²) in [6.07, 6.45) is -1.04. The van der Waals surface area contributed by atoms with E-state index in [1.54, 1.807) is 17.0 Å². The summed E-state index contributed by atoms with van der Waals surface area (Å²) in [5.41, 5.74) is 1.54. The molecule has 1 aromatic carbocycles. The van der Waals surface area contributed by atoms with E-state index in [0.717, 1.165) is 5.69 Å². The number of nitrogens with one attached hydrogen (secondary N) is 1. The lowest BCUT2D eigenvalue weighted by Gasteiger charge is -2.27. The van der Waals surface area contributed by atoms with Crippen molar-refractivity contribution in [3.8, 4) is 0 Å². The highest BCUT2D eigenvalue weighted by Gasteiger charge is 2.19. The molecule has 1 atom stereocenters. The number of ether oxygens (including phenoxy) is 2. The van der Waals surface area contributed by atoms with E-state index < -0.39 is 6.41 Å².